The zero-order valence-corrected chi connectivity index (χ0v) is 11.4. The van der Waals surface area contributed by atoms with Crippen molar-refractivity contribution in [2.75, 3.05) is 5.73 Å². The first kappa shape index (κ1) is 13.5. The Balaban J connectivity index is 2.10. The second kappa shape index (κ2) is 5.83. The normalized spacial score (nSPS) is 9.95. The summed E-state index contributed by atoms with van der Waals surface area (Å²) in [6.45, 7) is 0.326. The van der Waals surface area contributed by atoms with E-state index >= 15 is 0 Å². The molecule has 0 saturated heterocycles. The molecule has 2 aromatic carbocycles. The van der Waals surface area contributed by atoms with Crippen molar-refractivity contribution in [1.29, 1.82) is 5.26 Å². The van der Waals surface area contributed by atoms with Gasteiger partial charge in [0.05, 0.1) is 27.4 Å². The average Bonchev–Trinajstić information content (AvgIpc) is 2.41. The molecule has 2 aromatic rings. The van der Waals surface area contributed by atoms with Crippen molar-refractivity contribution in [2.24, 2.45) is 0 Å². The molecule has 0 amide bonds. The van der Waals surface area contributed by atoms with E-state index in [1.165, 1.54) is 0 Å². The van der Waals surface area contributed by atoms with Crippen LogP contribution < -0.4 is 10.5 Å². The van der Waals surface area contributed by atoms with Crippen molar-refractivity contribution in [3.05, 3.63) is 57.6 Å². The van der Waals surface area contributed by atoms with Gasteiger partial charge in [0.1, 0.15) is 12.4 Å². The average molecular weight is 293 g/mol. The molecule has 0 fully saturated rings. The Hall–Kier alpha value is -1.89. The van der Waals surface area contributed by atoms with Gasteiger partial charge in [-0.1, -0.05) is 29.3 Å². The molecule has 0 radical (unpaired) electrons. The van der Waals surface area contributed by atoms with Crippen LogP contribution in [0.1, 0.15) is 11.1 Å². The van der Waals surface area contributed by atoms with Crippen LogP contribution in [0, 0.1) is 11.3 Å². The van der Waals surface area contributed by atoms with Crippen molar-refractivity contribution in [3.63, 3.8) is 0 Å². The minimum Gasteiger partial charge on any atom is -0.487 e. The molecular formula is C14H10Cl2N2O. The van der Waals surface area contributed by atoms with Gasteiger partial charge in [-0.25, -0.2) is 0 Å². The lowest BCUT2D eigenvalue weighted by Crippen LogP contribution is -1.99. The van der Waals surface area contributed by atoms with Crippen LogP contribution in [0.3, 0.4) is 0 Å². The van der Waals surface area contributed by atoms with Gasteiger partial charge in [0.25, 0.3) is 0 Å². The highest BCUT2D eigenvalue weighted by molar-refractivity contribution is 6.42. The number of anilines is 1. The lowest BCUT2D eigenvalue weighted by Gasteiger charge is -2.09. The molecule has 5 heteroatoms. The van der Waals surface area contributed by atoms with Crippen molar-refractivity contribution in [3.8, 4) is 11.8 Å². The molecule has 96 valence electrons. The maximum atomic E-state index is 8.74. The van der Waals surface area contributed by atoms with Crippen LogP contribution in [0.15, 0.2) is 36.4 Å². The lowest BCUT2D eigenvalue weighted by atomic mass is 10.2. The number of halogens is 2. The molecular weight excluding hydrogens is 283 g/mol. The molecule has 0 unspecified atom stereocenters. The highest BCUT2D eigenvalue weighted by Crippen LogP contribution is 2.26. The number of rotatable bonds is 3. The summed E-state index contributed by atoms with van der Waals surface area (Å²) in [4.78, 5) is 0. The number of benzene rings is 2. The van der Waals surface area contributed by atoms with Crippen LogP contribution in [-0.2, 0) is 6.61 Å². The number of nitrogen functional groups attached to an aromatic ring is 1. The number of ether oxygens (including phenoxy) is 1. The van der Waals surface area contributed by atoms with Gasteiger partial charge in [-0.2, -0.15) is 5.26 Å². The molecule has 0 aliphatic carbocycles. The van der Waals surface area contributed by atoms with Crippen LogP contribution in [0.25, 0.3) is 0 Å². The summed E-state index contributed by atoms with van der Waals surface area (Å²) >= 11 is 11.8. The molecule has 0 spiro atoms. The molecule has 3 nitrogen and oxygen atoms in total. The molecule has 2 rings (SSSR count). The van der Waals surface area contributed by atoms with Gasteiger partial charge < -0.3 is 10.5 Å². The van der Waals surface area contributed by atoms with Crippen molar-refractivity contribution in [1.82, 2.24) is 0 Å². The largest absolute Gasteiger partial charge is 0.487 e. The Bertz CT molecular complexity index is 650. The monoisotopic (exact) mass is 292 g/mol. The van der Waals surface area contributed by atoms with E-state index in [2.05, 4.69) is 0 Å². The third-order valence-corrected chi connectivity index (χ3v) is 3.26. The molecule has 0 aromatic heterocycles. The molecule has 19 heavy (non-hydrogen) atoms. The molecule has 0 aliphatic rings. The van der Waals surface area contributed by atoms with Gasteiger partial charge in [-0.3, -0.25) is 0 Å². The summed E-state index contributed by atoms with van der Waals surface area (Å²) in [5, 5.41) is 9.73. The fourth-order valence-electron chi connectivity index (χ4n) is 1.54. The van der Waals surface area contributed by atoms with E-state index in [1.54, 1.807) is 30.3 Å². The molecule has 0 bridgehead atoms. The lowest BCUT2D eigenvalue weighted by molar-refractivity contribution is 0.308. The molecule has 0 heterocycles. The summed E-state index contributed by atoms with van der Waals surface area (Å²) in [6.07, 6.45) is 0. The third-order valence-electron chi connectivity index (χ3n) is 2.52. The van der Waals surface area contributed by atoms with Crippen LogP contribution in [0.5, 0.6) is 5.75 Å². The van der Waals surface area contributed by atoms with E-state index in [4.69, 9.17) is 38.9 Å². The number of hydrogen-bond donors (Lipinski definition) is 1. The van der Waals surface area contributed by atoms with Gasteiger partial charge in [0.15, 0.2) is 0 Å². The van der Waals surface area contributed by atoms with E-state index in [0.717, 1.165) is 5.56 Å². The van der Waals surface area contributed by atoms with E-state index in [9.17, 15) is 0 Å². The summed E-state index contributed by atoms with van der Waals surface area (Å²) in [5.74, 6) is 0.532. The smallest absolute Gasteiger partial charge is 0.142 e. The van der Waals surface area contributed by atoms with Crippen LogP contribution in [0.4, 0.5) is 5.69 Å². The highest BCUT2D eigenvalue weighted by Gasteiger charge is 2.04. The number of nitrogens with two attached hydrogens (primary N) is 1. The summed E-state index contributed by atoms with van der Waals surface area (Å²) in [5.41, 5.74) is 7.61. The first-order chi connectivity index (χ1) is 9.10. The SMILES string of the molecule is N#Cc1ccc(OCc2ccc(Cl)c(Cl)c2)c(N)c1. The Labute approximate surface area is 121 Å². The van der Waals surface area contributed by atoms with Gasteiger partial charge in [0.2, 0.25) is 0 Å². The number of nitriles is 1. The van der Waals surface area contributed by atoms with E-state index in [1.807, 2.05) is 12.1 Å². The predicted octanol–water partition coefficient (Wildman–Crippen LogP) is 4.03. The Kier molecular flexibility index (Phi) is 4.16. The Morgan fingerprint density at radius 3 is 2.53 bits per heavy atom. The summed E-state index contributed by atoms with van der Waals surface area (Å²) < 4.78 is 5.58. The van der Waals surface area contributed by atoms with E-state index in [-0.39, 0.29) is 0 Å². The van der Waals surface area contributed by atoms with Gasteiger partial charge >= 0.3 is 0 Å². The number of hydrogen-bond acceptors (Lipinski definition) is 3. The first-order valence-electron chi connectivity index (χ1n) is 5.46. The maximum Gasteiger partial charge on any atom is 0.142 e. The third kappa shape index (κ3) is 3.31. The van der Waals surface area contributed by atoms with Gasteiger partial charge in [0, 0.05) is 0 Å². The zero-order valence-electron chi connectivity index (χ0n) is 9.86. The first-order valence-corrected chi connectivity index (χ1v) is 6.22. The van der Waals surface area contributed by atoms with Crippen molar-refractivity contribution < 1.29 is 4.74 Å². The second-order valence-electron chi connectivity index (χ2n) is 3.90. The van der Waals surface area contributed by atoms with Crippen LogP contribution in [-0.4, -0.2) is 0 Å². The summed E-state index contributed by atoms with van der Waals surface area (Å²) in [7, 11) is 0. The van der Waals surface area contributed by atoms with E-state index in [0.29, 0.717) is 33.7 Å². The maximum absolute atomic E-state index is 8.74. The quantitative estimate of drug-likeness (QED) is 0.869. The van der Waals surface area contributed by atoms with E-state index < -0.39 is 0 Å². The Morgan fingerprint density at radius 1 is 1.11 bits per heavy atom. The molecule has 0 aliphatic heterocycles. The topological polar surface area (TPSA) is 59.0 Å². The fraction of sp³-hybridized carbons (Fsp3) is 0.0714. The standard InChI is InChI=1S/C14H10Cl2N2O/c15-11-3-1-10(5-12(11)16)8-19-14-4-2-9(7-17)6-13(14)18/h1-6H,8,18H2. The molecule has 2 N–H and O–H groups in total. The van der Waals surface area contributed by atoms with Gasteiger partial charge in [-0.15, -0.1) is 0 Å². The highest BCUT2D eigenvalue weighted by atomic mass is 35.5. The molecule has 0 atom stereocenters. The van der Waals surface area contributed by atoms with Crippen LogP contribution >= 0.6 is 23.2 Å². The van der Waals surface area contributed by atoms with Crippen molar-refractivity contribution >= 4 is 28.9 Å². The van der Waals surface area contributed by atoms with Gasteiger partial charge in [-0.05, 0) is 35.9 Å². The predicted molar refractivity (Wildman–Crippen MR) is 76.4 cm³/mol. The van der Waals surface area contributed by atoms with Crippen molar-refractivity contribution in [2.45, 2.75) is 6.61 Å². The minimum absolute atomic E-state index is 0.326. The fourth-order valence-corrected chi connectivity index (χ4v) is 1.86. The van der Waals surface area contributed by atoms with Crippen LogP contribution in [0.2, 0.25) is 10.0 Å². The zero-order chi connectivity index (χ0) is 13.8. The Morgan fingerprint density at radius 2 is 1.89 bits per heavy atom. The minimum atomic E-state index is 0.326. The number of nitrogens with zero attached hydrogens (tertiary/aromatic N) is 1. The molecule has 0 saturated carbocycles. The second-order valence-corrected chi connectivity index (χ2v) is 4.72. The summed E-state index contributed by atoms with van der Waals surface area (Å²) in [6, 6.07) is 12.2.